The van der Waals surface area contributed by atoms with E-state index in [2.05, 4.69) is 10.3 Å². The number of nitrogens with one attached hydrogen (secondary N) is 1. The van der Waals surface area contributed by atoms with Crippen LogP contribution in [-0.4, -0.2) is 40.1 Å². The molecule has 0 unspecified atom stereocenters. The van der Waals surface area contributed by atoms with Gasteiger partial charge in [-0.15, -0.1) is 0 Å². The minimum Gasteiger partial charge on any atom is -0.481 e. The van der Waals surface area contributed by atoms with Gasteiger partial charge in [0.2, 0.25) is 5.89 Å². The monoisotopic (exact) mass is 301 g/mol. The maximum Gasteiger partial charge on any atom is 0.317 e. The van der Waals surface area contributed by atoms with Gasteiger partial charge in [-0.05, 0) is 0 Å². The van der Waals surface area contributed by atoms with Crippen LogP contribution in [0.4, 0.5) is 4.79 Å². The molecule has 22 heavy (non-hydrogen) atoms. The largest absolute Gasteiger partial charge is 0.481 e. The summed E-state index contributed by atoms with van der Waals surface area (Å²) in [7, 11) is 0. The van der Waals surface area contributed by atoms with Gasteiger partial charge in [0.1, 0.15) is 0 Å². The van der Waals surface area contributed by atoms with Crippen LogP contribution in [0.5, 0.6) is 0 Å². The van der Waals surface area contributed by atoms with E-state index in [-0.39, 0.29) is 25.7 Å². The second-order valence-electron chi connectivity index (χ2n) is 5.08. The molecule has 1 aromatic heterocycles. The Morgan fingerprint density at radius 3 is 2.73 bits per heavy atom. The third-order valence-corrected chi connectivity index (χ3v) is 3.52. The number of carbonyl (C=O) groups is 2. The molecule has 1 aromatic carbocycles. The fraction of sp³-hybridized carbons (Fsp3) is 0.267. The Bertz CT molecular complexity index is 677. The second kappa shape index (κ2) is 5.88. The first-order valence-corrected chi connectivity index (χ1v) is 6.89. The van der Waals surface area contributed by atoms with Crippen molar-refractivity contribution in [2.24, 2.45) is 5.92 Å². The van der Waals surface area contributed by atoms with E-state index >= 15 is 0 Å². The molecule has 3 rings (SSSR count). The summed E-state index contributed by atoms with van der Waals surface area (Å²) in [4.78, 5) is 28.0. The summed E-state index contributed by atoms with van der Waals surface area (Å²) in [6.07, 6.45) is 1.61. The molecule has 2 amide bonds. The second-order valence-corrected chi connectivity index (χ2v) is 5.08. The summed E-state index contributed by atoms with van der Waals surface area (Å²) in [5.41, 5.74) is 0.916. The molecule has 2 heterocycles. The van der Waals surface area contributed by atoms with Crippen molar-refractivity contribution >= 4 is 12.0 Å². The molecule has 0 bridgehead atoms. The molecule has 2 aromatic rings. The molecular formula is C15H15N3O4. The zero-order chi connectivity index (χ0) is 15.5. The molecule has 0 atom stereocenters. The lowest BCUT2D eigenvalue weighted by Gasteiger charge is -2.36. The summed E-state index contributed by atoms with van der Waals surface area (Å²) in [5.74, 6) is -0.288. The molecule has 1 aliphatic rings. The molecule has 2 N–H and O–H groups in total. The number of likely N-dealkylation sites (tertiary alicyclic amines) is 1. The van der Waals surface area contributed by atoms with Crippen LogP contribution in [0.2, 0.25) is 0 Å². The molecular weight excluding hydrogens is 286 g/mol. The van der Waals surface area contributed by atoms with E-state index in [1.54, 1.807) is 6.20 Å². The lowest BCUT2D eigenvalue weighted by Crippen LogP contribution is -2.56. The third-order valence-electron chi connectivity index (χ3n) is 3.52. The van der Waals surface area contributed by atoms with Gasteiger partial charge in [0.25, 0.3) is 0 Å². The number of rotatable bonds is 4. The Balaban J connectivity index is 1.51. The van der Waals surface area contributed by atoms with Crippen LogP contribution in [-0.2, 0) is 11.3 Å². The number of carboxylic acid groups (broad SMARTS) is 1. The van der Waals surface area contributed by atoms with Gasteiger partial charge in [-0.3, -0.25) is 4.79 Å². The Kier molecular flexibility index (Phi) is 3.78. The van der Waals surface area contributed by atoms with Crippen LogP contribution in [0.3, 0.4) is 0 Å². The van der Waals surface area contributed by atoms with Gasteiger partial charge in [0.15, 0.2) is 5.76 Å². The Labute approximate surface area is 126 Å². The maximum atomic E-state index is 11.8. The van der Waals surface area contributed by atoms with E-state index in [1.165, 1.54) is 4.90 Å². The van der Waals surface area contributed by atoms with Gasteiger partial charge in [0.05, 0.1) is 18.7 Å². The Morgan fingerprint density at radius 2 is 2.05 bits per heavy atom. The maximum absolute atomic E-state index is 11.8. The SMILES string of the molecule is O=C(O)C1CN(C(=O)NCc2ncc(-c3ccccc3)o2)C1. The summed E-state index contributed by atoms with van der Waals surface area (Å²) in [5, 5.41) is 11.4. The Morgan fingerprint density at radius 1 is 1.32 bits per heavy atom. The van der Waals surface area contributed by atoms with E-state index in [0.29, 0.717) is 11.7 Å². The minimum atomic E-state index is -0.871. The number of oxazole rings is 1. The number of hydrogen-bond acceptors (Lipinski definition) is 4. The molecule has 1 aliphatic heterocycles. The predicted octanol–water partition coefficient (Wildman–Crippen LogP) is 1.57. The zero-order valence-electron chi connectivity index (χ0n) is 11.7. The van der Waals surface area contributed by atoms with E-state index in [4.69, 9.17) is 9.52 Å². The zero-order valence-corrected chi connectivity index (χ0v) is 11.7. The summed E-state index contributed by atoms with van der Waals surface area (Å²) in [6, 6.07) is 9.24. The van der Waals surface area contributed by atoms with Crippen LogP contribution in [0.25, 0.3) is 11.3 Å². The highest BCUT2D eigenvalue weighted by molar-refractivity contribution is 5.79. The Hall–Kier alpha value is -2.83. The number of carboxylic acids is 1. The van der Waals surface area contributed by atoms with Crippen molar-refractivity contribution in [1.29, 1.82) is 0 Å². The van der Waals surface area contributed by atoms with Gasteiger partial charge < -0.3 is 19.7 Å². The lowest BCUT2D eigenvalue weighted by molar-refractivity contribution is -0.146. The fourth-order valence-corrected chi connectivity index (χ4v) is 2.19. The van der Waals surface area contributed by atoms with Crippen molar-refractivity contribution in [1.82, 2.24) is 15.2 Å². The first kappa shape index (κ1) is 14.1. The van der Waals surface area contributed by atoms with Crippen molar-refractivity contribution in [3.05, 3.63) is 42.4 Å². The third kappa shape index (κ3) is 2.93. The van der Waals surface area contributed by atoms with Crippen LogP contribution in [0, 0.1) is 5.92 Å². The lowest BCUT2D eigenvalue weighted by atomic mass is 10.0. The van der Waals surface area contributed by atoms with Crippen LogP contribution >= 0.6 is 0 Å². The number of aromatic nitrogens is 1. The minimum absolute atomic E-state index is 0.167. The van der Waals surface area contributed by atoms with Gasteiger partial charge in [-0.1, -0.05) is 30.3 Å². The standard InChI is InChI=1S/C15H15N3O4/c19-14(20)11-8-18(9-11)15(21)17-7-13-16-6-12(22-13)10-4-2-1-3-5-10/h1-6,11H,7-9H2,(H,17,21)(H,19,20). The van der Waals surface area contributed by atoms with E-state index in [9.17, 15) is 9.59 Å². The van der Waals surface area contributed by atoms with Crippen LogP contribution < -0.4 is 5.32 Å². The highest BCUT2D eigenvalue weighted by Crippen LogP contribution is 2.20. The van der Waals surface area contributed by atoms with E-state index < -0.39 is 11.9 Å². The molecule has 7 heteroatoms. The van der Waals surface area contributed by atoms with Crippen molar-refractivity contribution in [3.63, 3.8) is 0 Å². The number of aliphatic carboxylic acids is 1. The molecule has 0 radical (unpaired) electrons. The molecule has 0 spiro atoms. The highest BCUT2D eigenvalue weighted by atomic mass is 16.4. The molecule has 114 valence electrons. The molecule has 7 nitrogen and oxygen atoms in total. The van der Waals surface area contributed by atoms with E-state index in [0.717, 1.165) is 5.56 Å². The van der Waals surface area contributed by atoms with Gasteiger partial charge in [-0.25, -0.2) is 9.78 Å². The number of amides is 2. The first-order valence-electron chi connectivity index (χ1n) is 6.89. The number of carbonyl (C=O) groups excluding carboxylic acids is 1. The average Bonchev–Trinajstić information content (AvgIpc) is 2.93. The summed E-state index contributed by atoms with van der Waals surface area (Å²) >= 11 is 0. The molecule has 0 aliphatic carbocycles. The molecule has 0 saturated carbocycles. The van der Waals surface area contributed by atoms with Crippen molar-refractivity contribution in [2.75, 3.05) is 13.1 Å². The van der Waals surface area contributed by atoms with Crippen molar-refractivity contribution in [2.45, 2.75) is 6.54 Å². The quantitative estimate of drug-likeness (QED) is 0.893. The van der Waals surface area contributed by atoms with Crippen molar-refractivity contribution in [3.8, 4) is 11.3 Å². The smallest absolute Gasteiger partial charge is 0.317 e. The van der Waals surface area contributed by atoms with Gasteiger partial charge in [-0.2, -0.15) is 0 Å². The number of hydrogen-bond donors (Lipinski definition) is 2. The highest BCUT2D eigenvalue weighted by Gasteiger charge is 2.35. The number of nitrogens with zero attached hydrogens (tertiary/aromatic N) is 2. The molecule has 1 saturated heterocycles. The van der Waals surface area contributed by atoms with Gasteiger partial charge >= 0.3 is 12.0 Å². The van der Waals surface area contributed by atoms with Crippen LogP contribution in [0.1, 0.15) is 5.89 Å². The van der Waals surface area contributed by atoms with E-state index in [1.807, 2.05) is 30.3 Å². The van der Waals surface area contributed by atoms with Crippen LogP contribution in [0.15, 0.2) is 40.9 Å². The number of benzene rings is 1. The topological polar surface area (TPSA) is 95.7 Å². The summed E-state index contributed by atoms with van der Waals surface area (Å²) < 4.78 is 5.57. The fourth-order valence-electron chi connectivity index (χ4n) is 2.19. The first-order chi connectivity index (χ1) is 10.6. The van der Waals surface area contributed by atoms with Crippen molar-refractivity contribution < 1.29 is 19.1 Å². The van der Waals surface area contributed by atoms with Gasteiger partial charge in [0, 0.05) is 18.7 Å². The average molecular weight is 301 g/mol. The number of urea groups is 1. The predicted molar refractivity (Wildman–Crippen MR) is 76.9 cm³/mol. The summed E-state index contributed by atoms with van der Waals surface area (Å²) in [6.45, 7) is 0.643. The molecule has 1 fully saturated rings. The normalized spacial score (nSPS) is 14.5.